The van der Waals surface area contributed by atoms with Gasteiger partial charge in [-0.3, -0.25) is 19.6 Å². The van der Waals surface area contributed by atoms with Crippen LogP contribution in [0.15, 0.2) is 48.2 Å². The molecule has 1 aliphatic carbocycles. The third kappa shape index (κ3) is 2.83. The van der Waals surface area contributed by atoms with Gasteiger partial charge in [-0.2, -0.15) is 5.10 Å². The summed E-state index contributed by atoms with van der Waals surface area (Å²) in [6.45, 7) is 0. The first-order valence-electron chi connectivity index (χ1n) is 7.24. The largest absolute Gasteiger partial charge is 0.289 e. The Morgan fingerprint density at radius 2 is 2.09 bits per heavy atom. The highest BCUT2D eigenvalue weighted by Crippen LogP contribution is 2.25. The summed E-state index contributed by atoms with van der Waals surface area (Å²) in [6, 6.07) is 6.51. The smallest absolute Gasteiger partial charge is 0.276 e. The lowest BCUT2D eigenvalue weighted by atomic mass is 9.91. The number of nitrogens with zero attached hydrogens (tertiary/aromatic N) is 3. The number of ketones is 1. The average Bonchev–Trinajstić information content (AvgIpc) is 2.92. The lowest BCUT2D eigenvalue weighted by Crippen LogP contribution is -2.14. The summed E-state index contributed by atoms with van der Waals surface area (Å²) in [4.78, 5) is 22.9. The van der Waals surface area contributed by atoms with E-state index in [0.29, 0.717) is 23.1 Å². The molecule has 6 heteroatoms. The molecule has 116 valence electrons. The molecule has 0 radical (unpaired) electrons. The fourth-order valence-corrected chi connectivity index (χ4v) is 2.71. The molecule has 0 saturated carbocycles. The van der Waals surface area contributed by atoms with E-state index in [1.54, 1.807) is 47.3 Å². The van der Waals surface area contributed by atoms with Gasteiger partial charge in [-0.15, -0.1) is 0 Å². The third-order valence-electron chi connectivity index (χ3n) is 3.94. The molecule has 1 aliphatic rings. The zero-order valence-electron chi connectivity index (χ0n) is 12.6. The summed E-state index contributed by atoms with van der Waals surface area (Å²) < 4.78 is 1.73. The van der Waals surface area contributed by atoms with Crippen LogP contribution >= 0.6 is 0 Å². The average molecular weight is 309 g/mol. The van der Waals surface area contributed by atoms with Gasteiger partial charge in [-0.1, -0.05) is 24.3 Å². The monoisotopic (exact) mass is 309 g/mol. The quantitative estimate of drug-likeness (QED) is 0.496. The number of nitro benzene ring substituents is 1. The molecule has 0 unspecified atom stereocenters. The summed E-state index contributed by atoms with van der Waals surface area (Å²) in [7, 11) is 1.83. The van der Waals surface area contributed by atoms with Crippen LogP contribution in [0.2, 0.25) is 0 Å². The minimum atomic E-state index is -0.416. The number of allylic oxidation sites excluding steroid dienone is 3. The maximum atomic E-state index is 12.4. The molecule has 0 bridgehead atoms. The summed E-state index contributed by atoms with van der Waals surface area (Å²) >= 11 is 0. The molecule has 0 amide bonds. The van der Waals surface area contributed by atoms with Crippen molar-refractivity contribution in [3.63, 3.8) is 0 Å². The van der Waals surface area contributed by atoms with Gasteiger partial charge in [0.25, 0.3) is 5.69 Å². The van der Waals surface area contributed by atoms with E-state index in [1.165, 1.54) is 6.07 Å². The Labute approximate surface area is 132 Å². The van der Waals surface area contributed by atoms with Crippen molar-refractivity contribution in [1.29, 1.82) is 0 Å². The lowest BCUT2D eigenvalue weighted by molar-refractivity contribution is -0.385. The number of aromatic nitrogens is 2. The minimum Gasteiger partial charge on any atom is -0.289 e. The molecule has 1 aromatic heterocycles. The van der Waals surface area contributed by atoms with Crippen LogP contribution in [0.25, 0.3) is 6.08 Å². The number of fused-ring (bicyclic) bond motifs is 1. The van der Waals surface area contributed by atoms with Crippen molar-refractivity contribution in [2.75, 3.05) is 0 Å². The number of hydrogen-bond acceptors (Lipinski definition) is 4. The second-order valence-corrected chi connectivity index (χ2v) is 5.32. The molecular weight excluding hydrogens is 294 g/mol. The van der Waals surface area contributed by atoms with Gasteiger partial charge in [0.05, 0.1) is 22.2 Å². The van der Waals surface area contributed by atoms with Crippen molar-refractivity contribution in [2.24, 2.45) is 7.05 Å². The predicted molar refractivity (Wildman–Crippen MR) is 86.1 cm³/mol. The van der Waals surface area contributed by atoms with Crippen LogP contribution in [-0.4, -0.2) is 20.5 Å². The molecule has 0 saturated heterocycles. The van der Waals surface area contributed by atoms with Crippen LogP contribution in [-0.2, 0) is 13.5 Å². The normalized spacial score (nSPS) is 16.0. The van der Waals surface area contributed by atoms with Crippen LogP contribution in [0.4, 0.5) is 5.69 Å². The molecule has 0 fully saturated rings. The van der Waals surface area contributed by atoms with Gasteiger partial charge in [0, 0.05) is 24.4 Å². The molecule has 0 spiro atoms. The zero-order chi connectivity index (χ0) is 16.4. The molecular formula is C17H15N3O3. The number of hydrogen-bond donors (Lipinski definition) is 0. The number of Topliss-reactive ketones (excluding diaryl/α,β-unsaturated/α-hetero) is 1. The van der Waals surface area contributed by atoms with E-state index in [2.05, 4.69) is 5.10 Å². The molecule has 6 nitrogen and oxygen atoms in total. The van der Waals surface area contributed by atoms with Crippen LogP contribution in [0.1, 0.15) is 28.0 Å². The SMILES string of the molecule is Cn1ncc2c1CCC(=CC=Cc1ccccc1[N+](=O)[O-])C2=O. The number of nitro groups is 1. The minimum absolute atomic E-state index is 0.0217. The summed E-state index contributed by atoms with van der Waals surface area (Å²) in [5.74, 6) is -0.0217. The number of carbonyl (C=O) groups excluding carboxylic acids is 1. The van der Waals surface area contributed by atoms with Crippen molar-refractivity contribution in [2.45, 2.75) is 12.8 Å². The molecule has 0 N–H and O–H groups in total. The first kappa shape index (κ1) is 14.9. The van der Waals surface area contributed by atoms with E-state index < -0.39 is 4.92 Å². The molecule has 1 aromatic carbocycles. The Kier molecular flexibility index (Phi) is 3.89. The number of rotatable bonds is 3. The highest BCUT2D eigenvalue weighted by molar-refractivity contribution is 6.10. The van der Waals surface area contributed by atoms with Crippen molar-refractivity contribution in [3.05, 3.63) is 75.1 Å². The molecule has 23 heavy (non-hydrogen) atoms. The number of aryl methyl sites for hydroxylation is 1. The predicted octanol–water partition coefficient (Wildman–Crippen LogP) is 3.10. The topological polar surface area (TPSA) is 78.0 Å². The second-order valence-electron chi connectivity index (χ2n) is 5.32. The van der Waals surface area contributed by atoms with Crippen molar-refractivity contribution in [1.82, 2.24) is 9.78 Å². The first-order valence-corrected chi connectivity index (χ1v) is 7.24. The van der Waals surface area contributed by atoms with Gasteiger partial charge in [0.2, 0.25) is 0 Å². The van der Waals surface area contributed by atoms with Crippen molar-refractivity contribution in [3.8, 4) is 0 Å². The first-order chi connectivity index (χ1) is 11.1. The van der Waals surface area contributed by atoms with Gasteiger partial charge < -0.3 is 0 Å². The second kappa shape index (κ2) is 6.00. The summed E-state index contributed by atoms with van der Waals surface area (Å²) in [5, 5.41) is 15.1. The Hall–Kier alpha value is -3.02. The molecule has 2 aromatic rings. The van der Waals surface area contributed by atoms with Gasteiger partial charge in [-0.25, -0.2) is 0 Å². The van der Waals surface area contributed by atoms with Crippen molar-refractivity contribution < 1.29 is 9.72 Å². The standard InChI is InChI=1S/C17H15N3O3/c1-19-16-10-9-13(17(21)14(16)11-18-19)7-4-6-12-5-2-3-8-15(12)20(22)23/h2-8,11H,9-10H2,1H3. The van der Waals surface area contributed by atoms with E-state index >= 15 is 0 Å². The maximum Gasteiger partial charge on any atom is 0.276 e. The van der Waals surface area contributed by atoms with Crippen molar-refractivity contribution >= 4 is 17.5 Å². The number of para-hydroxylation sites is 1. The Balaban J connectivity index is 1.84. The Morgan fingerprint density at radius 3 is 2.87 bits per heavy atom. The lowest BCUT2D eigenvalue weighted by Gasteiger charge is -2.13. The van der Waals surface area contributed by atoms with Crippen LogP contribution in [0.3, 0.4) is 0 Å². The summed E-state index contributed by atoms with van der Waals surface area (Å²) in [5.41, 5.74) is 2.85. The third-order valence-corrected chi connectivity index (χ3v) is 3.94. The van der Waals surface area contributed by atoms with E-state index in [9.17, 15) is 14.9 Å². The fourth-order valence-electron chi connectivity index (χ4n) is 2.71. The molecule has 1 heterocycles. The molecule has 0 aliphatic heterocycles. The van der Waals surface area contributed by atoms with Gasteiger partial charge in [0.15, 0.2) is 5.78 Å². The van der Waals surface area contributed by atoms with Crippen LogP contribution < -0.4 is 0 Å². The number of carbonyl (C=O) groups is 1. The van der Waals surface area contributed by atoms with Crippen LogP contribution in [0.5, 0.6) is 0 Å². The van der Waals surface area contributed by atoms with E-state index in [1.807, 2.05) is 7.05 Å². The zero-order valence-corrected chi connectivity index (χ0v) is 12.6. The van der Waals surface area contributed by atoms with E-state index in [0.717, 1.165) is 12.1 Å². The van der Waals surface area contributed by atoms with Crippen LogP contribution in [0, 0.1) is 10.1 Å². The maximum absolute atomic E-state index is 12.4. The molecule has 3 rings (SSSR count). The van der Waals surface area contributed by atoms with Gasteiger partial charge >= 0.3 is 0 Å². The Bertz CT molecular complexity index is 847. The summed E-state index contributed by atoms with van der Waals surface area (Å²) in [6.07, 6.45) is 8.08. The fraction of sp³-hybridized carbons (Fsp3) is 0.176. The Morgan fingerprint density at radius 1 is 1.30 bits per heavy atom. The van der Waals surface area contributed by atoms with Gasteiger partial charge in [0.1, 0.15) is 0 Å². The highest BCUT2D eigenvalue weighted by atomic mass is 16.6. The van der Waals surface area contributed by atoms with E-state index in [4.69, 9.17) is 0 Å². The number of benzene rings is 1. The molecule has 0 atom stereocenters. The van der Waals surface area contributed by atoms with Gasteiger partial charge in [-0.05, 0) is 25.0 Å². The highest BCUT2D eigenvalue weighted by Gasteiger charge is 2.24. The van der Waals surface area contributed by atoms with E-state index in [-0.39, 0.29) is 11.5 Å².